The van der Waals surface area contributed by atoms with E-state index in [1.165, 1.54) is 0 Å². The zero-order valence-electron chi connectivity index (χ0n) is 9.49. The molecule has 1 aromatic carbocycles. The fourth-order valence-corrected chi connectivity index (χ4v) is 1.21. The van der Waals surface area contributed by atoms with E-state index >= 15 is 0 Å². The van der Waals surface area contributed by atoms with Gasteiger partial charge in [-0.25, -0.2) is 4.99 Å². The van der Waals surface area contributed by atoms with Gasteiger partial charge in [0, 0.05) is 6.92 Å². The summed E-state index contributed by atoms with van der Waals surface area (Å²) in [6.07, 6.45) is 0. The van der Waals surface area contributed by atoms with Crippen LogP contribution in [0.2, 0.25) is 0 Å². The Hall–Kier alpha value is -1.51. The van der Waals surface area contributed by atoms with Gasteiger partial charge in [0.1, 0.15) is 5.75 Å². The van der Waals surface area contributed by atoms with Crippen molar-refractivity contribution in [3.8, 4) is 5.75 Å². The summed E-state index contributed by atoms with van der Waals surface area (Å²) in [5, 5.41) is 0. The first-order valence-electron chi connectivity index (χ1n) is 5.17. The average molecular weight is 209 g/mol. The average Bonchev–Trinajstić information content (AvgIpc) is 2.22. The minimum absolute atomic E-state index is 0.645. The van der Waals surface area contributed by atoms with Crippen LogP contribution in [0.5, 0.6) is 5.75 Å². The second-order valence-electron chi connectivity index (χ2n) is 2.99. The van der Waals surface area contributed by atoms with Gasteiger partial charge < -0.3 is 9.47 Å². The Bertz CT molecular complexity index is 317. The van der Waals surface area contributed by atoms with Crippen LogP contribution in [0, 0.1) is 0 Å². The predicted octanol–water partition coefficient (Wildman–Crippen LogP) is 3.17. The highest BCUT2D eigenvalue weighted by atomic mass is 16.6. The largest absolute Gasteiger partial charge is 0.494 e. The van der Waals surface area contributed by atoms with Crippen molar-refractivity contribution in [1.82, 2.24) is 0 Å². The summed E-state index contributed by atoms with van der Waals surface area (Å²) >= 11 is 0. The molecule has 0 saturated heterocycles. The Labute approximate surface area is 90.7 Å². The van der Waals surface area contributed by atoms with E-state index in [0.29, 0.717) is 19.1 Å². The van der Waals surface area contributed by atoms with Crippen molar-refractivity contribution in [3.05, 3.63) is 24.3 Å². The minimum atomic E-state index is 0.645. The third-order valence-electron chi connectivity index (χ3n) is 1.79. The standard InChI is InChI=1S/C12H17NO2/c1-4-14-10(3)13-11-6-8-12(9-7-11)15-5-2/h6-9H,4-5H2,1-3H3/i4+2. The number of rotatable bonds is 4. The van der Waals surface area contributed by atoms with Gasteiger partial charge in [0.15, 0.2) is 5.90 Å². The lowest BCUT2D eigenvalue weighted by atomic mass is 10.3. The van der Waals surface area contributed by atoms with E-state index in [4.69, 9.17) is 9.47 Å². The van der Waals surface area contributed by atoms with E-state index in [1.807, 2.05) is 45.0 Å². The number of nitrogens with zero attached hydrogens (tertiary/aromatic N) is 1. The van der Waals surface area contributed by atoms with Crippen LogP contribution >= 0.6 is 0 Å². The lowest BCUT2D eigenvalue weighted by Gasteiger charge is -2.03. The first-order valence-corrected chi connectivity index (χ1v) is 5.17. The van der Waals surface area contributed by atoms with E-state index in [2.05, 4.69) is 4.99 Å². The molecule has 0 aliphatic carbocycles. The molecule has 0 aliphatic heterocycles. The minimum Gasteiger partial charge on any atom is -0.494 e. The fourth-order valence-electron chi connectivity index (χ4n) is 1.21. The molecule has 0 bridgehead atoms. The van der Waals surface area contributed by atoms with Crippen LogP contribution in [0.1, 0.15) is 20.8 Å². The zero-order chi connectivity index (χ0) is 11.1. The molecular formula is C12H17NO2. The van der Waals surface area contributed by atoms with E-state index in [1.54, 1.807) is 0 Å². The van der Waals surface area contributed by atoms with E-state index in [-0.39, 0.29) is 0 Å². The number of hydrogen-bond donors (Lipinski definition) is 0. The van der Waals surface area contributed by atoms with Gasteiger partial charge in [-0.2, -0.15) is 0 Å². The lowest BCUT2D eigenvalue weighted by Crippen LogP contribution is -1.97. The summed E-state index contributed by atoms with van der Waals surface area (Å²) in [5.41, 5.74) is 0.879. The molecule has 0 fully saturated rings. The molecule has 0 aromatic heterocycles. The first-order chi connectivity index (χ1) is 7.26. The van der Waals surface area contributed by atoms with Gasteiger partial charge in [0.25, 0.3) is 0 Å². The number of benzene rings is 1. The molecule has 0 saturated carbocycles. The van der Waals surface area contributed by atoms with Crippen LogP contribution in [0.25, 0.3) is 0 Å². The SMILES string of the molecule is CCOc1ccc(N=C(C)O[14CH2]C)cc1. The second-order valence-corrected chi connectivity index (χ2v) is 2.99. The zero-order valence-corrected chi connectivity index (χ0v) is 9.49. The molecular weight excluding hydrogens is 192 g/mol. The Morgan fingerprint density at radius 1 is 1.33 bits per heavy atom. The molecule has 0 atom stereocenters. The highest BCUT2D eigenvalue weighted by Crippen LogP contribution is 2.18. The maximum Gasteiger partial charge on any atom is 0.185 e. The van der Waals surface area contributed by atoms with Crippen LogP contribution in [0.15, 0.2) is 29.3 Å². The van der Waals surface area contributed by atoms with E-state index < -0.39 is 0 Å². The molecule has 1 aromatic rings. The highest BCUT2D eigenvalue weighted by molar-refractivity contribution is 5.76. The van der Waals surface area contributed by atoms with Gasteiger partial charge in [0.05, 0.1) is 18.9 Å². The lowest BCUT2D eigenvalue weighted by molar-refractivity contribution is 0.325. The van der Waals surface area contributed by atoms with Gasteiger partial charge in [-0.1, -0.05) is 0 Å². The van der Waals surface area contributed by atoms with Crippen LogP contribution in [-0.4, -0.2) is 19.1 Å². The normalized spacial score (nSPS) is 11.3. The van der Waals surface area contributed by atoms with Gasteiger partial charge in [-0.3, -0.25) is 0 Å². The molecule has 82 valence electrons. The van der Waals surface area contributed by atoms with Gasteiger partial charge in [0.2, 0.25) is 0 Å². The summed E-state index contributed by atoms with van der Waals surface area (Å²) in [6.45, 7) is 7.08. The van der Waals surface area contributed by atoms with Crippen LogP contribution in [0.3, 0.4) is 0 Å². The maximum absolute atomic E-state index is 5.33. The van der Waals surface area contributed by atoms with Crippen LogP contribution < -0.4 is 4.74 Å². The van der Waals surface area contributed by atoms with Crippen molar-refractivity contribution < 1.29 is 9.47 Å². The summed E-state index contributed by atoms with van der Waals surface area (Å²) in [5.74, 6) is 1.55. The molecule has 0 radical (unpaired) electrons. The molecule has 15 heavy (non-hydrogen) atoms. The van der Waals surface area contributed by atoms with Crippen molar-refractivity contribution >= 4 is 11.6 Å². The van der Waals surface area contributed by atoms with Crippen molar-refractivity contribution in [2.75, 3.05) is 13.2 Å². The second kappa shape index (κ2) is 6.06. The quantitative estimate of drug-likeness (QED) is 0.563. The van der Waals surface area contributed by atoms with Gasteiger partial charge in [-0.05, 0) is 38.1 Å². The molecule has 0 spiro atoms. The first kappa shape index (κ1) is 11.6. The summed E-state index contributed by atoms with van der Waals surface area (Å²) in [4.78, 5) is 4.29. The van der Waals surface area contributed by atoms with Crippen molar-refractivity contribution in [3.63, 3.8) is 0 Å². The molecule has 3 nitrogen and oxygen atoms in total. The number of ether oxygens (including phenoxy) is 2. The maximum atomic E-state index is 5.33. The smallest absolute Gasteiger partial charge is 0.185 e. The fraction of sp³-hybridized carbons (Fsp3) is 0.417. The van der Waals surface area contributed by atoms with E-state index in [0.717, 1.165) is 11.4 Å². The van der Waals surface area contributed by atoms with Crippen molar-refractivity contribution in [2.45, 2.75) is 20.8 Å². The molecule has 3 heteroatoms. The van der Waals surface area contributed by atoms with Crippen LogP contribution in [0.4, 0.5) is 5.69 Å². The summed E-state index contributed by atoms with van der Waals surface area (Å²) in [7, 11) is 0. The Kier molecular flexibility index (Phi) is 4.68. The number of aliphatic imine (C=N–C) groups is 1. The predicted molar refractivity (Wildman–Crippen MR) is 62.0 cm³/mol. The third-order valence-corrected chi connectivity index (χ3v) is 1.79. The van der Waals surface area contributed by atoms with Crippen LogP contribution in [-0.2, 0) is 4.74 Å². The topological polar surface area (TPSA) is 30.8 Å². The van der Waals surface area contributed by atoms with Crippen molar-refractivity contribution in [2.24, 2.45) is 4.99 Å². The Balaban J connectivity index is 2.67. The molecule has 1 rings (SSSR count). The third kappa shape index (κ3) is 4.02. The summed E-state index contributed by atoms with van der Waals surface area (Å²) < 4.78 is 10.6. The molecule has 0 unspecified atom stereocenters. The molecule has 0 N–H and O–H groups in total. The van der Waals surface area contributed by atoms with E-state index in [9.17, 15) is 0 Å². The number of hydrogen-bond acceptors (Lipinski definition) is 3. The van der Waals surface area contributed by atoms with Crippen molar-refractivity contribution in [1.29, 1.82) is 0 Å². The Morgan fingerprint density at radius 2 is 2.00 bits per heavy atom. The van der Waals surface area contributed by atoms with Gasteiger partial charge >= 0.3 is 0 Å². The van der Waals surface area contributed by atoms with Gasteiger partial charge in [-0.15, -0.1) is 0 Å². The highest BCUT2D eigenvalue weighted by Gasteiger charge is 1.94. The Morgan fingerprint density at radius 3 is 2.53 bits per heavy atom. The molecule has 0 amide bonds. The monoisotopic (exact) mass is 209 g/mol. The molecule has 0 aliphatic rings. The summed E-state index contributed by atoms with van der Waals surface area (Å²) in [6, 6.07) is 7.63. The molecule has 0 heterocycles.